The largest absolute Gasteiger partial charge is 0.365 e. The predicted molar refractivity (Wildman–Crippen MR) is 98.2 cm³/mol. The summed E-state index contributed by atoms with van der Waals surface area (Å²) >= 11 is 0. The van der Waals surface area contributed by atoms with Crippen LogP contribution in [0.15, 0.2) is 36.5 Å². The third kappa shape index (κ3) is 10.8. The lowest BCUT2D eigenvalue weighted by atomic mass is 10.1. The molecule has 0 saturated carbocycles. The number of rotatable bonds is 14. The predicted octanol–water partition coefficient (Wildman–Crippen LogP) is 6.75. The molecule has 0 spiro atoms. The summed E-state index contributed by atoms with van der Waals surface area (Å²) in [6.07, 6.45) is 28.5. The van der Waals surface area contributed by atoms with Crippen molar-refractivity contribution in [3.8, 4) is 0 Å². The lowest BCUT2D eigenvalue weighted by molar-refractivity contribution is 0.372. The van der Waals surface area contributed by atoms with E-state index < -0.39 is 0 Å². The summed E-state index contributed by atoms with van der Waals surface area (Å²) in [6, 6.07) is 0. The zero-order valence-electron chi connectivity index (χ0n) is 14.8. The average Bonchev–Trinajstić information content (AvgIpc) is 3.27. The first-order chi connectivity index (χ1) is 10.9. The molecule has 1 saturated heterocycles. The Balaban J connectivity index is 1.89. The molecule has 1 aliphatic heterocycles. The first kappa shape index (κ1) is 19.2. The van der Waals surface area contributed by atoms with Crippen molar-refractivity contribution in [2.24, 2.45) is 0 Å². The molecule has 1 aliphatic rings. The second kappa shape index (κ2) is 13.8. The van der Waals surface area contributed by atoms with Crippen molar-refractivity contribution < 1.29 is 4.74 Å². The Morgan fingerprint density at radius 1 is 0.727 bits per heavy atom. The highest BCUT2D eigenvalue weighted by molar-refractivity contribution is 5.05. The van der Waals surface area contributed by atoms with Gasteiger partial charge in [-0.15, -0.1) is 0 Å². The summed E-state index contributed by atoms with van der Waals surface area (Å²) < 4.78 is 5.70. The Kier molecular flexibility index (Phi) is 12.1. The zero-order chi connectivity index (χ0) is 15.9. The second-order valence-corrected chi connectivity index (χ2v) is 6.30. The van der Waals surface area contributed by atoms with Gasteiger partial charge in [0.15, 0.2) is 0 Å². The van der Waals surface area contributed by atoms with E-state index in [2.05, 4.69) is 50.3 Å². The fourth-order valence-electron chi connectivity index (χ4n) is 2.69. The van der Waals surface area contributed by atoms with Gasteiger partial charge in [-0.25, -0.2) is 0 Å². The minimum atomic E-state index is 0.411. The van der Waals surface area contributed by atoms with Crippen LogP contribution in [0, 0.1) is 0 Å². The van der Waals surface area contributed by atoms with E-state index in [0.717, 1.165) is 19.3 Å². The van der Waals surface area contributed by atoms with Crippen molar-refractivity contribution in [3.05, 3.63) is 36.5 Å². The zero-order valence-corrected chi connectivity index (χ0v) is 14.8. The molecule has 0 aromatic carbocycles. The highest BCUT2D eigenvalue weighted by atomic mass is 16.6. The molecule has 1 nitrogen and oxygen atoms in total. The van der Waals surface area contributed by atoms with Gasteiger partial charge in [0.05, 0.1) is 6.10 Å². The van der Waals surface area contributed by atoms with Crippen LogP contribution < -0.4 is 0 Å². The lowest BCUT2D eigenvalue weighted by Gasteiger charge is -1.99. The summed E-state index contributed by atoms with van der Waals surface area (Å²) in [5, 5.41) is 0. The van der Waals surface area contributed by atoms with Crippen LogP contribution in [-0.2, 0) is 4.74 Å². The van der Waals surface area contributed by atoms with Crippen LogP contribution in [0.2, 0.25) is 0 Å². The molecule has 1 rings (SSSR count). The van der Waals surface area contributed by atoms with E-state index in [4.69, 9.17) is 4.74 Å². The van der Waals surface area contributed by atoms with Gasteiger partial charge >= 0.3 is 0 Å². The van der Waals surface area contributed by atoms with E-state index in [0.29, 0.717) is 12.2 Å². The molecule has 0 bridgehead atoms. The van der Waals surface area contributed by atoms with Gasteiger partial charge in [-0.3, -0.25) is 0 Å². The Bertz CT molecular complexity index is 327. The summed E-state index contributed by atoms with van der Waals surface area (Å²) in [6.45, 7) is 4.44. The molecule has 0 aromatic heterocycles. The Morgan fingerprint density at radius 3 is 2.09 bits per heavy atom. The average molecular weight is 305 g/mol. The first-order valence-corrected chi connectivity index (χ1v) is 9.50. The Labute approximate surface area is 138 Å². The Hall–Kier alpha value is -0.820. The maximum absolute atomic E-state index is 5.70. The van der Waals surface area contributed by atoms with Gasteiger partial charge in [0.1, 0.15) is 6.10 Å². The standard InChI is InChI=1S/C21H36O/c1-3-5-7-9-11-13-15-17-19-21-20(22-21)18-16-14-12-10-8-6-4-2/h5,7,11,13,17,19-21H,3-4,6,8-10,12,14-16,18H2,1-2H3/b7-5-,13-11-,19-17-/t20-,21-/m0/s1. The smallest absolute Gasteiger partial charge is 0.102 e. The van der Waals surface area contributed by atoms with Crippen LogP contribution in [-0.4, -0.2) is 12.2 Å². The van der Waals surface area contributed by atoms with E-state index in [-0.39, 0.29) is 0 Å². The van der Waals surface area contributed by atoms with E-state index in [9.17, 15) is 0 Å². The van der Waals surface area contributed by atoms with Crippen LogP contribution >= 0.6 is 0 Å². The Morgan fingerprint density at radius 2 is 1.36 bits per heavy atom. The van der Waals surface area contributed by atoms with Gasteiger partial charge in [-0.05, 0) is 25.7 Å². The van der Waals surface area contributed by atoms with Crippen LogP contribution in [0.4, 0.5) is 0 Å². The van der Waals surface area contributed by atoms with E-state index >= 15 is 0 Å². The lowest BCUT2D eigenvalue weighted by Crippen LogP contribution is -1.91. The summed E-state index contributed by atoms with van der Waals surface area (Å²) in [4.78, 5) is 0. The number of hydrogen-bond acceptors (Lipinski definition) is 1. The monoisotopic (exact) mass is 304 g/mol. The molecule has 1 heteroatoms. The van der Waals surface area contributed by atoms with Gasteiger partial charge in [0, 0.05) is 0 Å². The van der Waals surface area contributed by atoms with Crippen LogP contribution in [0.3, 0.4) is 0 Å². The molecular formula is C21H36O. The molecule has 126 valence electrons. The third-order valence-corrected chi connectivity index (χ3v) is 4.15. The number of unbranched alkanes of at least 4 members (excludes halogenated alkanes) is 6. The number of epoxide rings is 1. The topological polar surface area (TPSA) is 12.5 Å². The number of allylic oxidation sites excluding steroid dienone is 5. The van der Waals surface area contributed by atoms with E-state index in [1.165, 1.54) is 51.4 Å². The van der Waals surface area contributed by atoms with Gasteiger partial charge in [-0.1, -0.05) is 95.2 Å². The molecule has 0 amide bonds. The van der Waals surface area contributed by atoms with Gasteiger partial charge in [0.2, 0.25) is 0 Å². The van der Waals surface area contributed by atoms with Crippen molar-refractivity contribution in [2.45, 2.75) is 96.7 Å². The molecule has 22 heavy (non-hydrogen) atoms. The van der Waals surface area contributed by atoms with Crippen LogP contribution in [0.5, 0.6) is 0 Å². The molecule has 2 atom stereocenters. The number of hydrogen-bond donors (Lipinski definition) is 0. The highest BCUT2D eigenvalue weighted by Crippen LogP contribution is 2.28. The van der Waals surface area contributed by atoms with Crippen LogP contribution in [0.1, 0.15) is 84.5 Å². The second-order valence-electron chi connectivity index (χ2n) is 6.30. The van der Waals surface area contributed by atoms with Crippen molar-refractivity contribution in [2.75, 3.05) is 0 Å². The summed E-state index contributed by atoms with van der Waals surface area (Å²) in [5.41, 5.74) is 0. The van der Waals surface area contributed by atoms with E-state index in [1.807, 2.05) is 0 Å². The van der Waals surface area contributed by atoms with E-state index in [1.54, 1.807) is 0 Å². The molecule has 1 heterocycles. The van der Waals surface area contributed by atoms with Gasteiger partial charge < -0.3 is 4.74 Å². The fourth-order valence-corrected chi connectivity index (χ4v) is 2.69. The molecule has 1 fully saturated rings. The van der Waals surface area contributed by atoms with Crippen molar-refractivity contribution in [1.29, 1.82) is 0 Å². The fraction of sp³-hybridized carbons (Fsp3) is 0.714. The van der Waals surface area contributed by atoms with Crippen LogP contribution in [0.25, 0.3) is 0 Å². The SMILES string of the molecule is CC/C=C\C/C=C\C/C=C\[C@@H]1O[C@H]1CCCCCCCCC. The molecule has 0 unspecified atom stereocenters. The first-order valence-electron chi connectivity index (χ1n) is 9.50. The normalized spacial score (nSPS) is 21.5. The highest BCUT2D eigenvalue weighted by Gasteiger charge is 2.35. The summed E-state index contributed by atoms with van der Waals surface area (Å²) in [7, 11) is 0. The molecule has 0 N–H and O–H groups in total. The molecule has 0 aromatic rings. The molecular weight excluding hydrogens is 268 g/mol. The summed E-state index contributed by atoms with van der Waals surface area (Å²) in [5.74, 6) is 0. The van der Waals surface area contributed by atoms with Gasteiger partial charge in [-0.2, -0.15) is 0 Å². The molecule has 0 radical (unpaired) electrons. The minimum absolute atomic E-state index is 0.411. The van der Waals surface area contributed by atoms with Crippen molar-refractivity contribution in [3.63, 3.8) is 0 Å². The molecule has 0 aliphatic carbocycles. The van der Waals surface area contributed by atoms with Gasteiger partial charge in [0.25, 0.3) is 0 Å². The minimum Gasteiger partial charge on any atom is -0.365 e. The quantitative estimate of drug-likeness (QED) is 0.196. The van der Waals surface area contributed by atoms with Crippen molar-refractivity contribution >= 4 is 0 Å². The maximum Gasteiger partial charge on any atom is 0.102 e. The maximum atomic E-state index is 5.70. The van der Waals surface area contributed by atoms with Crippen molar-refractivity contribution in [1.82, 2.24) is 0 Å². The third-order valence-electron chi connectivity index (χ3n) is 4.15. The number of ether oxygens (including phenoxy) is 1.